The van der Waals surface area contributed by atoms with Crippen LogP contribution in [0.4, 0.5) is 5.82 Å². The molecule has 1 unspecified atom stereocenters. The second-order valence-electron chi connectivity index (χ2n) is 18.5. The molecule has 11 heteroatoms. The molecule has 354 valence electrons. The number of hydrogen-bond donors (Lipinski definition) is 4. The highest BCUT2D eigenvalue weighted by Gasteiger charge is 2.43. The maximum Gasteiger partial charge on any atom is 0.335 e. The fourth-order valence-electron chi connectivity index (χ4n) is 10.2. The number of hydrogen-bond acceptors (Lipinski definition) is 9. The summed E-state index contributed by atoms with van der Waals surface area (Å²) >= 11 is 0. The topological polar surface area (TPSA) is 148 Å². The van der Waals surface area contributed by atoms with E-state index in [2.05, 4.69) is 83.6 Å². The summed E-state index contributed by atoms with van der Waals surface area (Å²) in [5, 5.41) is 36.1. The number of ether oxygens (including phenoxy) is 4. The van der Waals surface area contributed by atoms with E-state index in [0.717, 1.165) is 64.3 Å². The van der Waals surface area contributed by atoms with Crippen molar-refractivity contribution < 1.29 is 39.1 Å². The summed E-state index contributed by atoms with van der Waals surface area (Å²) in [6.07, 6.45) is 4.98. The van der Waals surface area contributed by atoms with Gasteiger partial charge in [0.25, 0.3) is 0 Å². The predicted molar refractivity (Wildman–Crippen MR) is 268 cm³/mol. The van der Waals surface area contributed by atoms with Crippen LogP contribution in [0.15, 0.2) is 115 Å². The van der Waals surface area contributed by atoms with Crippen molar-refractivity contribution in [2.45, 2.75) is 75.7 Å². The monoisotopic (exact) mass is 925 g/mol. The number of ketones is 1. The lowest BCUT2D eigenvalue weighted by Crippen LogP contribution is -2.59. The minimum absolute atomic E-state index is 0.0223. The van der Waals surface area contributed by atoms with Gasteiger partial charge in [0.15, 0.2) is 17.1 Å². The van der Waals surface area contributed by atoms with Crippen molar-refractivity contribution in [3.8, 4) is 51.7 Å². The van der Waals surface area contributed by atoms with Gasteiger partial charge in [0, 0.05) is 18.9 Å². The zero-order valence-corrected chi connectivity index (χ0v) is 39.1. The van der Waals surface area contributed by atoms with Gasteiger partial charge in [0.1, 0.15) is 24.0 Å². The van der Waals surface area contributed by atoms with Crippen LogP contribution in [0.3, 0.4) is 0 Å². The number of carbonyl (C=O) groups excluding carboxylic acids is 1. The van der Waals surface area contributed by atoms with E-state index in [0.29, 0.717) is 42.0 Å². The molecule has 6 heterocycles. The molecular weight excluding hydrogens is 867 g/mol. The molecule has 6 atom stereocenters. The largest absolute Gasteiger partial charge is 0.508 e. The molecule has 1 fully saturated rings. The molecule has 1 aromatic heterocycles. The Bertz CT molecular complexity index is 2880. The summed E-state index contributed by atoms with van der Waals surface area (Å²) in [5.74, 6) is 8.92. The first-order chi connectivity index (χ1) is 33.8. The molecule has 0 amide bonds. The molecule has 0 spiro atoms. The molecule has 5 aliphatic heterocycles. The molecule has 1 saturated heterocycles. The molecular formula is C58H59N3O8. The van der Waals surface area contributed by atoms with Crippen LogP contribution in [-0.2, 0) is 25.7 Å². The van der Waals surface area contributed by atoms with Crippen molar-refractivity contribution >= 4 is 17.7 Å². The van der Waals surface area contributed by atoms with Gasteiger partial charge in [-0.1, -0.05) is 139 Å². The van der Waals surface area contributed by atoms with Gasteiger partial charge < -0.3 is 49.5 Å². The van der Waals surface area contributed by atoms with Gasteiger partial charge in [-0.05, 0) is 95.9 Å². The Morgan fingerprint density at radius 2 is 1.70 bits per heavy atom. The number of nitrogens with one attached hydrogen (secondary N) is 1. The quantitative estimate of drug-likeness (QED) is 0.0785. The first-order valence-corrected chi connectivity index (χ1v) is 24.2. The highest BCUT2D eigenvalue weighted by Crippen LogP contribution is 2.56. The summed E-state index contributed by atoms with van der Waals surface area (Å²) in [6, 6.07) is 35.7. The lowest BCUT2D eigenvalue weighted by atomic mass is 9.84. The number of fused-ring (bicyclic) bond motifs is 11. The molecule has 0 radical (unpaired) electrons. The highest BCUT2D eigenvalue weighted by atomic mass is 16.5. The molecule has 6 aromatic rings. The van der Waals surface area contributed by atoms with Crippen molar-refractivity contribution in [2.75, 3.05) is 44.9 Å². The van der Waals surface area contributed by atoms with E-state index in [1.807, 2.05) is 36.4 Å². The summed E-state index contributed by atoms with van der Waals surface area (Å²) in [4.78, 5) is 20.1. The number of phenolic OH excluding ortho intramolecular Hbond substituents is 1. The first kappa shape index (κ1) is 45.8. The Labute approximate surface area is 403 Å². The molecule has 5 aliphatic rings. The fourth-order valence-corrected chi connectivity index (χ4v) is 10.2. The van der Waals surface area contributed by atoms with Gasteiger partial charge in [-0.25, -0.2) is 0 Å². The van der Waals surface area contributed by atoms with Gasteiger partial charge in [-0.3, -0.25) is 4.79 Å². The molecule has 69 heavy (non-hydrogen) atoms. The number of aryl methyl sites for hydroxylation is 1. The van der Waals surface area contributed by atoms with Crippen molar-refractivity contribution in [3.05, 3.63) is 160 Å². The van der Waals surface area contributed by atoms with Crippen LogP contribution in [-0.4, -0.2) is 84.1 Å². The second kappa shape index (κ2) is 20.3. The molecule has 5 aromatic carbocycles. The summed E-state index contributed by atoms with van der Waals surface area (Å²) in [6.45, 7) is 3.64. The maximum atomic E-state index is 12.4. The molecule has 8 bridgehead atoms. The number of phenols is 1. The number of anilines is 1. The highest BCUT2D eigenvalue weighted by molar-refractivity contribution is 6.05. The smallest absolute Gasteiger partial charge is 0.335 e. The van der Waals surface area contributed by atoms with Crippen LogP contribution in [0.5, 0.6) is 28.7 Å². The molecule has 11 nitrogen and oxygen atoms in total. The predicted octanol–water partition coefficient (Wildman–Crippen LogP) is 8.12. The average molecular weight is 926 g/mol. The average Bonchev–Trinajstić information content (AvgIpc) is 3.81. The number of aromatic hydroxyl groups is 1. The molecule has 0 saturated carbocycles. The van der Waals surface area contributed by atoms with Crippen LogP contribution in [0.1, 0.15) is 76.4 Å². The number of aliphatic hydroxyl groups is 2. The summed E-state index contributed by atoms with van der Waals surface area (Å²) < 4.78 is 27.2. The minimum atomic E-state index is -0.829. The van der Waals surface area contributed by atoms with Crippen LogP contribution in [0.2, 0.25) is 0 Å². The molecule has 5 N–H and O–H groups in total. The van der Waals surface area contributed by atoms with Gasteiger partial charge in [-0.2, -0.15) is 0 Å². The van der Waals surface area contributed by atoms with Crippen molar-refractivity contribution in [3.63, 3.8) is 0 Å². The van der Waals surface area contributed by atoms with E-state index < -0.39 is 18.1 Å². The third-order valence-corrected chi connectivity index (χ3v) is 13.8. The Balaban J connectivity index is 1.17. The number of aliphatic hydroxyl groups excluding tert-OH is 2. The SMILES string of the molecule is CCc1cc2c([n-]1)N1CCN[C@H]3C#C[C@H](Cc4cccc-2c4)c2c(c(OC)c(OCC[C@@H](O)/C=C/c4ccccc4)c4c2OC(c2ccc(O)cc2)CC4=[OH+])OC[C@@H](CO)Cc2ccc(cc2)C[C@H]31. The Kier molecular flexibility index (Phi) is 13.5. The fraction of sp³-hybridized carbons (Fsp3) is 0.328. The van der Waals surface area contributed by atoms with Gasteiger partial charge in [-0.15, -0.1) is 0 Å². The van der Waals surface area contributed by atoms with Crippen molar-refractivity contribution in [1.29, 1.82) is 0 Å². The normalized spacial score (nSPS) is 21.1. The Morgan fingerprint density at radius 1 is 0.899 bits per heavy atom. The lowest BCUT2D eigenvalue weighted by Gasteiger charge is -2.48. The van der Waals surface area contributed by atoms with E-state index in [1.54, 1.807) is 37.5 Å². The molecule has 0 aliphatic carbocycles. The van der Waals surface area contributed by atoms with Gasteiger partial charge >= 0.3 is 5.78 Å². The van der Waals surface area contributed by atoms with E-state index >= 15 is 0 Å². The van der Waals surface area contributed by atoms with Gasteiger partial charge in [0.2, 0.25) is 5.75 Å². The third kappa shape index (κ3) is 9.70. The molecule has 11 rings (SSSR count). The van der Waals surface area contributed by atoms with Crippen molar-refractivity contribution in [2.24, 2.45) is 5.92 Å². The summed E-state index contributed by atoms with van der Waals surface area (Å²) in [7, 11) is 1.55. The number of piperazine rings is 1. The number of rotatable bonds is 10. The van der Waals surface area contributed by atoms with E-state index in [-0.39, 0.29) is 73.7 Å². The van der Waals surface area contributed by atoms with E-state index in [1.165, 1.54) is 5.56 Å². The third-order valence-electron chi connectivity index (χ3n) is 13.8. The zero-order chi connectivity index (χ0) is 47.4. The van der Waals surface area contributed by atoms with Crippen LogP contribution >= 0.6 is 0 Å². The lowest BCUT2D eigenvalue weighted by molar-refractivity contribution is 0.152. The zero-order valence-electron chi connectivity index (χ0n) is 39.1. The number of nitrogens with zero attached hydrogens (tertiary/aromatic N) is 2. The van der Waals surface area contributed by atoms with Gasteiger partial charge in [0.05, 0.1) is 44.0 Å². The standard InChI is InChI=1S/C58H58N3O8/c1-3-44-32-47-42-11-7-10-39(29-42)30-43-19-23-48-49(61(26-25-59-48)58(47)60-44)31-38-14-12-37(13-15-38)28-40(34-62)35-68-55-52(43)54-53(50(65)33-51(69-54)41-17-21-45(63)22-18-41)56(57(55)66-2)67-27-24-46(64)20-16-36-8-5-4-6-9-36/h4-18,20-22,29,32,40,43,46,48-49,51,59,62-64H,3,24-28,30-31,33-35H2,1-2H3/q-1/p+1/b20-16+/t40-,43-,46+,48+,49-,51?/m1/s1. The van der Waals surface area contributed by atoms with E-state index in [4.69, 9.17) is 23.9 Å². The number of methoxy groups -OCH3 is 1. The van der Waals surface area contributed by atoms with Crippen LogP contribution < -0.4 is 34.1 Å². The van der Waals surface area contributed by atoms with Crippen LogP contribution in [0, 0.1) is 17.8 Å². The van der Waals surface area contributed by atoms with E-state index in [9.17, 15) is 20.1 Å². The number of benzene rings is 5. The summed E-state index contributed by atoms with van der Waals surface area (Å²) in [5.41, 5.74) is 9.11. The Hall–Kier alpha value is -6.97. The Morgan fingerprint density at radius 3 is 2.46 bits per heavy atom. The second-order valence-corrected chi connectivity index (χ2v) is 18.5. The number of aromatic nitrogens is 1. The minimum Gasteiger partial charge on any atom is -0.508 e. The maximum absolute atomic E-state index is 12.4. The first-order valence-electron chi connectivity index (χ1n) is 24.2. The van der Waals surface area contributed by atoms with Crippen molar-refractivity contribution in [1.82, 2.24) is 10.3 Å². The van der Waals surface area contributed by atoms with Crippen LogP contribution in [0.25, 0.3) is 17.2 Å².